The number of carbonyl (C=O) groups excluding carboxylic acids is 1. The highest BCUT2D eigenvalue weighted by atomic mass is 16.1. The first-order chi connectivity index (χ1) is 7.79. The predicted octanol–water partition coefficient (Wildman–Crippen LogP) is 4.89. The van der Waals surface area contributed by atoms with Crippen molar-refractivity contribution in [3.63, 3.8) is 0 Å². The number of hydrogen-bond acceptors (Lipinski definition) is 1. The van der Waals surface area contributed by atoms with Gasteiger partial charge in [-0.2, -0.15) is 0 Å². The lowest BCUT2D eigenvalue weighted by Crippen LogP contribution is -2.06. The first-order valence-corrected chi connectivity index (χ1v) is 7.28. The number of hydrogen-bond donors (Lipinski definition) is 0. The van der Waals surface area contributed by atoms with Gasteiger partial charge in [-0.15, -0.1) is 0 Å². The molecule has 0 aliphatic heterocycles. The minimum atomic E-state index is 0.386. The average Bonchev–Trinajstić information content (AvgIpc) is 2.21. The van der Waals surface area contributed by atoms with Crippen molar-refractivity contribution in [1.82, 2.24) is 0 Å². The molecule has 0 aromatic rings. The lowest BCUT2D eigenvalue weighted by molar-refractivity contribution is -0.118. The molecule has 1 nitrogen and oxygen atoms in total. The number of carbonyl (C=O) groups is 1. The first kappa shape index (κ1) is 13.7. The van der Waals surface area contributed by atoms with Crippen molar-refractivity contribution in [2.24, 2.45) is 5.92 Å². The fourth-order valence-electron chi connectivity index (χ4n) is 2.86. The molecule has 0 bridgehead atoms. The van der Waals surface area contributed by atoms with Gasteiger partial charge in [0.05, 0.1) is 0 Å². The second kappa shape index (κ2) is 8.78. The molecule has 1 saturated carbocycles. The van der Waals surface area contributed by atoms with E-state index in [1.165, 1.54) is 70.6 Å². The fourth-order valence-corrected chi connectivity index (χ4v) is 2.86. The summed E-state index contributed by atoms with van der Waals surface area (Å²) in [4.78, 5) is 11.2. The molecule has 0 atom stereocenters. The van der Waals surface area contributed by atoms with Crippen molar-refractivity contribution >= 4 is 5.78 Å². The molecule has 16 heavy (non-hydrogen) atoms. The molecule has 0 unspecified atom stereocenters. The average molecular weight is 224 g/mol. The first-order valence-electron chi connectivity index (χ1n) is 7.28. The zero-order valence-electron chi connectivity index (χ0n) is 11.0. The summed E-state index contributed by atoms with van der Waals surface area (Å²) in [6, 6.07) is 0. The van der Waals surface area contributed by atoms with Crippen LogP contribution in [0.3, 0.4) is 0 Å². The second-order valence-corrected chi connectivity index (χ2v) is 5.53. The summed E-state index contributed by atoms with van der Waals surface area (Å²) >= 11 is 0. The van der Waals surface area contributed by atoms with Crippen LogP contribution in [-0.2, 0) is 4.79 Å². The minimum absolute atomic E-state index is 0.386. The number of rotatable bonds is 2. The van der Waals surface area contributed by atoms with Gasteiger partial charge in [0.25, 0.3) is 0 Å². The van der Waals surface area contributed by atoms with E-state index < -0.39 is 0 Å². The molecule has 1 aliphatic carbocycles. The van der Waals surface area contributed by atoms with Crippen LogP contribution >= 0.6 is 0 Å². The molecule has 0 N–H and O–H groups in total. The van der Waals surface area contributed by atoms with Crippen molar-refractivity contribution in [3.8, 4) is 0 Å². The van der Waals surface area contributed by atoms with Crippen LogP contribution in [0, 0.1) is 5.92 Å². The van der Waals surface area contributed by atoms with Gasteiger partial charge in [-0.1, -0.05) is 70.6 Å². The smallest absolute Gasteiger partial charge is 0.130 e. The van der Waals surface area contributed by atoms with Gasteiger partial charge in [-0.05, 0) is 12.8 Å². The number of ketones is 1. The summed E-state index contributed by atoms with van der Waals surface area (Å²) < 4.78 is 0. The van der Waals surface area contributed by atoms with Crippen molar-refractivity contribution in [2.45, 2.75) is 84.0 Å². The Labute approximate surface area is 101 Å². The summed E-state index contributed by atoms with van der Waals surface area (Å²) in [5, 5.41) is 0. The summed E-state index contributed by atoms with van der Waals surface area (Å²) in [5.41, 5.74) is 0. The third-order valence-electron chi connectivity index (χ3n) is 3.80. The summed E-state index contributed by atoms with van der Waals surface area (Å²) in [6.45, 7) is 1.75. The van der Waals surface area contributed by atoms with Gasteiger partial charge in [0.15, 0.2) is 0 Å². The van der Waals surface area contributed by atoms with Crippen LogP contribution in [0.2, 0.25) is 0 Å². The summed E-state index contributed by atoms with van der Waals surface area (Å²) in [6.07, 6.45) is 16.0. The maximum Gasteiger partial charge on any atom is 0.130 e. The highest BCUT2D eigenvalue weighted by Gasteiger charge is 2.11. The van der Waals surface area contributed by atoms with E-state index >= 15 is 0 Å². The molecule has 0 aromatic heterocycles. The maximum absolute atomic E-state index is 11.2. The maximum atomic E-state index is 11.2. The minimum Gasteiger partial charge on any atom is -0.300 e. The molecule has 1 rings (SSSR count). The molecule has 1 heteroatoms. The van der Waals surface area contributed by atoms with Crippen molar-refractivity contribution in [1.29, 1.82) is 0 Å². The van der Waals surface area contributed by atoms with Crippen LogP contribution in [-0.4, -0.2) is 5.78 Å². The lowest BCUT2D eigenvalue weighted by Gasteiger charge is -2.16. The Morgan fingerprint density at radius 1 is 0.812 bits per heavy atom. The van der Waals surface area contributed by atoms with Gasteiger partial charge in [0.1, 0.15) is 5.78 Å². The van der Waals surface area contributed by atoms with E-state index in [4.69, 9.17) is 0 Å². The summed E-state index contributed by atoms with van der Waals surface area (Å²) in [7, 11) is 0. The van der Waals surface area contributed by atoms with E-state index in [-0.39, 0.29) is 0 Å². The van der Waals surface area contributed by atoms with Crippen LogP contribution in [0.15, 0.2) is 0 Å². The Morgan fingerprint density at radius 2 is 1.19 bits per heavy atom. The molecule has 1 aliphatic rings. The molecule has 1 fully saturated rings. The van der Waals surface area contributed by atoms with Crippen molar-refractivity contribution in [3.05, 3.63) is 0 Å². The molecule has 0 heterocycles. The monoisotopic (exact) mass is 224 g/mol. The van der Waals surface area contributed by atoms with Crippen LogP contribution in [0.5, 0.6) is 0 Å². The Kier molecular flexibility index (Phi) is 7.54. The molecule has 94 valence electrons. The van der Waals surface area contributed by atoms with Crippen LogP contribution in [0.1, 0.15) is 84.0 Å². The van der Waals surface area contributed by atoms with Gasteiger partial charge in [-0.25, -0.2) is 0 Å². The van der Waals surface area contributed by atoms with E-state index in [9.17, 15) is 4.79 Å². The van der Waals surface area contributed by atoms with Gasteiger partial charge in [0, 0.05) is 6.42 Å². The van der Waals surface area contributed by atoms with Crippen LogP contribution < -0.4 is 0 Å². The standard InChI is InChI=1S/C15H28O/c1-14(16)13-15-11-9-7-5-3-2-4-6-8-10-12-15/h15H,2-13H2,1H3. The van der Waals surface area contributed by atoms with E-state index in [0.29, 0.717) is 11.7 Å². The third-order valence-corrected chi connectivity index (χ3v) is 3.80. The largest absolute Gasteiger partial charge is 0.300 e. The zero-order chi connectivity index (χ0) is 11.6. The van der Waals surface area contributed by atoms with Crippen molar-refractivity contribution < 1.29 is 4.79 Å². The third kappa shape index (κ3) is 7.03. The molecule has 0 amide bonds. The topological polar surface area (TPSA) is 17.1 Å². The highest BCUT2D eigenvalue weighted by Crippen LogP contribution is 2.23. The van der Waals surface area contributed by atoms with Gasteiger partial charge >= 0.3 is 0 Å². The zero-order valence-corrected chi connectivity index (χ0v) is 11.0. The Balaban J connectivity index is 2.27. The predicted molar refractivity (Wildman–Crippen MR) is 69.6 cm³/mol. The SMILES string of the molecule is CC(=O)CC1CCCCCCCCCCC1. The Morgan fingerprint density at radius 3 is 1.56 bits per heavy atom. The lowest BCUT2D eigenvalue weighted by atomic mass is 9.89. The molecule has 0 radical (unpaired) electrons. The van der Waals surface area contributed by atoms with Gasteiger partial charge in [-0.3, -0.25) is 0 Å². The quantitative estimate of drug-likeness (QED) is 0.653. The van der Waals surface area contributed by atoms with E-state index in [1.54, 1.807) is 6.92 Å². The number of Topliss-reactive ketones (excluding diaryl/α,β-unsaturated/α-hetero) is 1. The highest BCUT2D eigenvalue weighted by molar-refractivity contribution is 5.75. The van der Waals surface area contributed by atoms with Crippen LogP contribution in [0.4, 0.5) is 0 Å². The molecule has 0 saturated heterocycles. The summed E-state index contributed by atoms with van der Waals surface area (Å²) in [5.74, 6) is 1.08. The van der Waals surface area contributed by atoms with Gasteiger partial charge in [0.2, 0.25) is 0 Å². The molecular weight excluding hydrogens is 196 g/mol. The molecular formula is C15H28O. The fraction of sp³-hybridized carbons (Fsp3) is 0.933. The second-order valence-electron chi connectivity index (χ2n) is 5.53. The normalized spacial score (nSPS) is 22.1. The van der Waals surface area contributed by atoms with E-state index in [0.717, 1.165) is 6.42 Å². The van der Waals surface area contributed by atoms with E-state index in [1.807, 2.05) is 0 Å². The van der Waals surface area contributed by atoms with Crippen molar-refractivity contribution in [2.75, 3.05) is 0 Å². The molecule has 0 aromatic carbocycles. The Hall–Kier alpha value is -0.330. The Bertz CT molecular complexity index is 174. The van der Waals surface area contributed by atoms with E-state index in [2.05, 4.69) is 0 Å². The van der Waals surface area contributed by atoms with Gasteiger partial charge < -0.3 is 4.79 Å². The molecule has 0 spiro atoms. The van der Waals surface area contributed by atoms with Crippen LogP contribution in [0.25, 0.3) is 0 Å².